The van der Waals surface area contributed by atoms with Crippen molar-refractivity contribution in [2.24, 2.45) is 0 Å². The van der Waals surface area contributed by atoms with Gasteiger partial charge in [-0.25, -0.2) is 9.97 Å². The van der Waals surface area contributed by atoms with E-state index in [9.17, 15) is 0 Å². The lowest BCUT2D eigenvalue weighted by atomic mass is 9.85. The van der Waals surface area contributed by atoms with Crippen LogP contribution < -0.4 is 0 Å². The normalized spacial score (nSPS) is 11.7. The van der Waals surface area contributed by atoms with Crippen molar-refractivity contribution in [1.82, 2.24) is 9.97 Å². The van der Waals surface area contributed by atoms with Gasteiger partial charge in [-0.3, -0.25) is 0 Å². The summed E-state index contributed by atoms with van der Waals surface area (Å²) in [4.78, 5) is 11.1. The minimum atomic E-state index is 0.599. The second-order valence-electron chi connectivity index (χ2n) is 15.2. The summed E-state index contributed by atoms with van der Waals surface area (Å²) in [5.41, 5.74) is 14.0. The molecule has 280 valence electrons. The maximum absolute atomic E-state index is 6.65. The number of rotatable bonds is 6. The summed E-state index contributed by atoms with van der Waals surface area (Å²) >= 11 is 0. The highest BCUT2D eigenvalue weighted by atomic mass is 16.3. The number of furan rings is 2. The second kappa shape index (κ2) is 13.8. The molecule has 3 heterocycles. The van der Waals surface area contributed by atoms with E-state index in [4.69, 9.17) is 18.8 Å². The molecule has 0 radical (unpaired) electrons. The minimum absolute atomic E-state index is 0.599. The third-order valence-electron chi connectivity index (χ3n) is 11.7. The predicted molar refractivity (Wildman–Crippen MR) is 247 cm³/mol. The summed E-state index contributed by atoms with van der Waals surface area (Å²) in [6.45, 7) is 0. The van der Waals surface area contributed by atoms with Crippen molar-refractivity contribution in [3.8, 4) is 67.3 Å². The van der Waals surface area contributed by atoms with E-state index < -0.39 is 0 Å². The number of fused-ring (bicyclic) bond motifs is 7. The van der Waals surface area contributed by atoms with Crippen LogP contribution in [0.25, 0.3) is 122 Å². The van der Waals surface area contributed by atoms with Gasteiger partial charge in [0.2, 0.25) is 0 Å². The molecule has 12 rings (SSSR count). The lowest BCUT2D eigenvalue weighted by Crippen LogP contribution is -2.00. The van der Waals surface area contributed by atoms with Crippen molar-refractivity contribution in [3.63, 3.8) is 0 Å². The fourth-order valence-corrected chi connectivity index (χ4v) is 8.95. The molecule has 0 aliphatic heterocycles. The van der Waals surface area contributed by atoms with Crippen molar-refractivity contribution in [3.05, 3.63) is 206 Å². The average molecular weight is 767 g/mol. The molecule has 9 aromatic carbocycles. The molecule has 60 heavy (non-hydrogen) atoms. The molecule has 0 N–H and O–H groups in total. The molecule has 0 saturated heterocycles. The highest BCUT2D eigenvalue weighted by molar-refractivity contribution is 6.11. The summed E-state index contributed by atoms with van der Waals surface area (Å²) in [7, 11) is 0. The number of hydrogen-bond donors (Lipinski definition) is 0. The van der Waals surface area contributed by atoms with E-state index in [1.165, 1.54) is 10.8 Å². The van der Waals surface area contributed by atoms with Gasteiger partial charge in [-0.05, 0) is 81.1 Å². The molecular weight excluding hydrogens is 733 g/mol. The molecule has 12 aromatic rings. The molecule has 0 aliphatic carbocycles. The first-order valence-corrected chi connectivity index (χ1v) is 20.2. The quantitative estimate of drug-likeness (QED) is 0.169. The van der Waals surface area contributed by atoms with E-state index in [1.807, 2.05) is 24.3 Å². The van der Waals surface area contributed by atoms with E-state index in [0.29, 0.717) is 5.82 Å². The Balaban J connectivity index is 1.21. The summed E-state index contributed by atoms with van der Waals surface area (Å²) in [6.07, 6.45) is 0. The highest BCUT2D eigenvalue weighted by Gasteiger charge is 2.24. The Morgan fingerprint density at radius 2 is 0.767 bits per heavy atom. The zero-order valence-electron chi connectivity index (χ0n) is 32.3. The van der Waals surface area contributed by atoms with Gasteiger partial charge in [-0.2, -0.15) is 0 Å². The van der Waals surface area contributed by atoms with Crippen LogP contribution in [0.5, 0.6) is 0 Å². The summed E-state index contributed by atoms with van der Waals surface area (Å²) in [6, 6.07) is 72.1. The van der Waals surface area contributed by atoms with Crippen LogP contribution in [0.2, 0.25) is 0 Å². The van der Waals surface area contributed by atoms with Crippen LogP contribution in [0.3, 0.4) is 0 Å². The molecule has 0 amide bonds. The maximum atomic E-state index is 6.65. The zero-order chi connectivity index (χ0) is 39.6. The van der Waals surface area contributed by atoms with E-state index in [1.54, 1.807) is 0 Å². The second-order valence-corrected chi connectivity index (χ2v) is 15.2. The molecule has 0 unspecified atom stereocenters. The monoisotopic (exact) mass is 766 g/mol. The third-order valence-corrected chi connectivity index (χ3v) is 11.7. The maximum Gasteiger partial charge on any atom is 0.161 e. The summed E-state index contributed by atoms with van der Waals surface area (Å²) < 4.78 is 13.3. The van der Waals surface area contributed by atoms with Gasteiger partial charge in [0.1, 0.15) is 22.3 Å². The Bertz CT molecular complexity index is 3460. The van der Waals surface area contributed by atoms with E-state index in [-0.39, 0.29) is 0 Å². The Morgan fingerprint density at radius 1 is 0.300 bits per heavy atom. The standard InChI is InChI=1S/C56H34N2O2/c1-3-16-35(17-4-1)38-32-47(40-25-13-21-36-18-7-8-22-39(36)40)53(37-19-5-2-6-20-37)48(33-38)56-57-49(45-28-14-26-43-41-23-9-11-30-51(41)59-54(43)45)34-50(58-56)46-29-15-27-44-42-24-10-12-31-52(42)60-55(44)46/h1-34H. The fourth-order valence-electron chi connectivity index (χ4n) is 8.95. The summed E-state index contributed by atoms with van der Waals surface area (Å²) in [5, 5.41) is 6.57. The molecule has 0 spiro atoms. The van der Waals surface area contributed by atoms with Gasteiger partial charge in [-0.15, -0.1) is 0 Å². The van der Waals surface area contributed by atoms with Crippen LogP contribution in [0.15, 0.2) is 215 Å². The van der Waals surface area contributed by atoms with Crippen molar-refractivity contribution in [2.45, 2.75) is 0 Å². The van der Waals surface area contributed by atoms with Gasteiger partial charge < -0.3 is 8.83 Å². The Labute approximate surface area is 345 Å². The SMILES string of the molecule is c1ccc(-c2cc(-c3nc(-c4cccc5c4oc4ccccc45)cc(-c4cccc5c4oc4ccccc45)n3)c(-c3ccccc3)c(-c3cccc4ccccc34)c2)cc1. The Morgan fingerprint density at radius 3 is 1.40 bits per heavy atom. The van der Waals surface area contributed by atoms with Crippen molar-refractivity contribution in [1.29, 1.82) is 0 Å². The molecule has 0 fully saturated rings. The number of para-hydroxylation sites is 4. The Hall–Kier alpha value is -8.08. The van der Waals surface area contributed by atoms with E-state index in [2.05, 4.69) is 182 Å². The predicted octanol–water partition coefficient (Wildman–Crippen LogP) is 15.4. The van der Waals surface area contributed by atoms with Gasteiger partial charge in [-0.1, -0.05) is 164 Å². The lowest BCUT2D eigenvalue weighted by molar-refractivity contribution is 0.669. The highest BCUT2D eigenvalue weighted by Crippen LogP contribution is 2.46. The van der Waals surface area contributed by atoms with E-state index in [0.717, 1.165) is 105 Å². The molecule has 4 heteroatoms. The van der Waals surface area contributed by atoms with Gasteiger partial charge >= 0.3 is 0 Å². The van der Waals surface area contributed by atoms with Crippen LogP contribution in [-0.2, 0) is 0 Å². The van der Waals surface area contributed by atoms with Crippen LogP contribution in [0.4, 0.5) is 0 Å². The smallest absolute Gasteiger partial charge is 0.161 e. The molecule has 0 aliphatic rings. The van der Waals surface area contributed by atoms with Crippen LogP contribution in [0.1, 0.15) is 0 Å². The van der Waals surface area contributed by atoms with Gasteiger partial charge in [0, 0.05) is 43.8 Å². The Kier molecular flexibility index (Phi) is 7.82. The van der Waals surface area contributed by atoms with E-state index >= 15 is 0 Å². The number of hydrogen-bond acceptors (Lipinski definition) is 4. The third kappa shape index (κ3) is 5.53. The van der Waals surface area contributed by atoms with Crippen LogP contribution in [0, 0.1) is 0 Å². The van der Waals surface area contributed by atoms with Crippen LogP contribution >= 0.6 is 0 Å². The van der Waals surface area contributed by atoms with Gasteiger partial charge in [0.15, 0.2) is 5.82 Å². The molecule has 4 nitrogen and oxygen atoms in total. The molecular formula is C56H34N2O2. The zero-order valence-corrected chi connectivity index (χ0v) is 32.3. The van der Waals surface area contributed by atoms with Crippen molar-refractivity contribution < 1.29 is 8.83 Å². The first-order valence-electron chi connectivity index (χ1n) is 20.2. The fraction of sp³-hybridized carbons (Fsp3) is 0. The topological polar surface area (TPSA) is 52.1 Å². The molecule has 0 bridgehead atoms. The number of aromatic nitrogens is 2. The number of nitrogens with zero attached hydrogens (tertiary/aromatic N) is 2. The summed E-state index contributed by atoms with van der Waals surface area (Å²) in [5.74, 6) is 0.599. The largest absolute Gasteiger partial charge is 0.455 e. The molecule has 3 aromatic heterocycles. The van der Waals surface area contributed by atoms with Gasteiger partial charge in [0.05, 0.1) is 11.4 Å². The lowest BCUT2D eigenvalue weighted by Gasteiger charge is -2.20. The first-order chi connectivity index (χ1) is 29.7. The number of benzene rings is 9. The first kappa shape index (κ1) is 34.0. The van der Waals surface area contributed by atoms with Crippen LogP contribution in [-0.4, -0.2) is 9.97 Å². The molecule has 0 atom stereocenters. The molecule has 0 saturated carbocycles. The minimum Gasteiger partial charge on any atom is -0.455 e. The average Bonchev–Trinajstić information content (AvgIpc) is 3.90. The van der Waals surface area contributed by atoms with Crippen molar-refractivity contribution in [2.75, 3.05) is 0 Å². The van der Waals surface area contributed by atoms with Gasteiger partial charge in [0.25, 0.3) is 0 Å². The van der Waals surface area contributed by atoms with Crippen molar-refractivity contribution >= 4 is 54.6 Å².